The van der Waals surface area contributed by atoms with Crippen molar-refractivity contribution in [3.8, 4) is 40.7 Å². The van der Waals surface area contributed by atoms with E-state index in [1.807, 2.05) is 16.7 Å². The standard InChI is InChI=1S/C32H33N9O2S/c1-18(22-7-5-13-40(22)2)42-25-14-24(41-17-35-16-19-9-12-36-31(19)41)37-30(38-25)27-20-6-3-10-32(28(20)39-43-27)11-4-8-23-26(32)21(15-33)29(34)44-23/h9,12,14,16-18,22H,3-8,10-11,13,34H2,1-2H3/t18-,22-,32-/m0/s1. The molecule has 11 nitrogen and oxygen atoms in total. The van der Waals surface area contributed by atoms with Gasteiger partial charge in [0.1, 0.15) is 35.1 Å². The van der Waals surface area contributed by atoms with Crippen LogP contribution in [0.2, 0.25) is 0 Å². The molecule has 0 saturated carbocycles. The van der Waals surface area contributed by atoms with Crippen molar-refractivity contribution in [1.82, 2.24) is 34.6 Å². The molecule has 224 valence electrons. The van der Waals surface area contributed by atoms with E-state index in [-0.39, 0.29) is 6.10 Å². The van der Waals surface area contributed by atoms with E-state index in [4.69, 9.17) is 30.1 Å². The third kappa shape index (κ3) is 4.13. The molecule has 5 aliphatic rings. The van der Waals surface area contributed by atoms with Crippen LogP contribution in [-0.4, -0.2) is 60.3 Å². The summed E-state index contributed by atoms with van der Waals surface area (Å²) in [5.74, 6) is 2.74. The zero-order chi connectivity index (χ0) is 30.0. The van der Waals surface area contributed by atoms with Crippen molar-refractivity contribution < 1.29 is 9.26 Å². The van der Waals surface area contributed by atoms with Gasteiger partial charge in [0, 0.05) is 45.9 Å². The molecule has 44 heavy (non-hydrogen) atoms. The first-order chi connectivity index (χ1) is 21.5. The van der Waals surface area contributed by atoms with E-state index in [2.05, 4.69) is 34.9 Å². The molecule has 12 heteroatoms. The smallest absolute Gasteiger partial charge is 0.219 e. The molecule has 2 aliphatic carbocycles. The van der Waals surface area contributed by atoms with Crippen LogP contribution in [0.1, 0.15) is 72.7 Å². The Morgan fingerprint density at radius 2 is 2.09 bits per heavy atom. The van der Waals surface area contributed by atoms with E-state index in [0.717, 1.165) is 86.1 Å². The van der Waals surface area contributed by atoms with Gasteiger partial charge in [0.25, 0.3) is 0 Å². The third-order valence-electron chi connectivity index (χ3n) is 9.78. The lowest BCUT2D eigenvalue weighted by atomic mass is 9.62. The van der Waals surface area contributed by atoms with E-state index >= 15 is 0 Å². The molecule has 2 N–H and O–H groups in total. The van der Waals surface area contributed by atoms with Gasteiger partial charge in [-0.2, -0.15) is 10.2 Å². The largest absolute Gasteiger partial charge is 0.473 e. The Balaban J connectivity index is 1.26. The van der Waals surface area contributed by atoms with Crippen LogP contribution >= 0.6 is 11.3 Å². The number of hydrogen-bond acceptors (Lipinski definition) is 11. The highest BCUT2D eigenvalue weighted by Crippen LogP contribution is 2.54. The SMILES string of the molecule is C[C@H](Oc1cc(-n2cncc3ccnc2-3)nc(-c2onc3c2CCC[C@@]32CCCc3sc(N)c(C#N)c32)n1)[C@@H]1CCCN1C. The van der Waals surface area contributed by atoms with E-state index in [1.165, 1.54) is 4.88 Å². The number of nitriles is 1. The number of nitrogen functional groups attached to an aromatic ring is 1. The zero-order valence-corrected chi connectivity index (χ0v) is 25.6. The summed E-state index contributed by atoms with van der Waals surface area (Å²) in [4.78, 5) is 22.4. The van der Waals surface area contributed by atoms with Crippen LogP contribution in [0.3, 0.4) is 0 Å². The number of nitrogens with two attached hydrogens (primary N) is 1. The van der Waals surface area contributed by atoms with Crippen LogP contribution in [0.4, 0.5) is 5.00 Å². The Labute approximate surface area is 259 Å². The summed E-state index contributed by atoms with van der Waals surface area (Å²) in [7, 11) is 2.14. The van der Waals surface area contributed by atoms with Crippen molar-refractivity contribution >= 4 is 16.3 Å². The van der Waals surface area contributed by atoms with E-state index in [0.29, 0.717) is 39.9 Å². The van der Waals surface area contributed by atoms with Gasteiger partial charge in [0.05, 0.1) is 11.3 Å². The Hall–Kier alpha value is -4.34. The number of nitrogens with zero attached hydrogens (tertiary/aromatic N) is 8. The molecule has 1 saturated heterocycles. The monoisotopic (exact) mass is 607 g/mol. The molecule has 6 heterocycles. The fraction of sp³-hybridized carbons (Fsp3) is 0.438. The van der Waals surface area contributed by atoms with E-state index in [9.17, 15) is 5.26 Å². The number of aryl methyl sites for hydroxylation is 1. The third-order valence-corrected chi connectivity index (χ3v) is 10.9. The summed E-state index contributed by atoms with van der Waals surface area (Å²) in [6, 6.07) is 6.47. The van der Waals surface area contributed by atoms with Crippen molar-refractivity contribution in [1.29, 1.82) is 5.26 Å². The van der Waals surface area contributed by atoms with Crippen molar-refractivity contribution in [3.05, 3.63) is 58.1 Å². The minimum atomic E-state index is -0.399. The van der Waals surface area contributed by atoms with Crippen molar-refractivity contribution in [2.75, 3.05) is 19.3 Å². The number of rotatable bonds is 5. The predicted molar refractivity (Wildman–Crippen MR) is 165 cm³/mol. The topological polar surface area (TPSA) is 145 Å². The molecular formula is C32H33N9O2S. The second-order valence-electron chi connectivity index (χ2n) is 12.3. The van der Waals surface area contributed by atoms with Gasteiger partial charge >= 0.3 is 0 Å². The predicted octanol–water partition coefficient (Wildman–Crippen LogP) is 5.15. The number of likely N-dealkylation sites (N-methyl/N-ethyl adjacent to an activating group) is 1. The molecule has 3 atom stereocenters. The minimum absolute atomic E-state index is 0.0740. The Morgan fingerprint density at radius 1 is 1.23 bits per heavy atom. The lowest BCUT2D eigenvalue weighted by molar-refractivity contribution is 0.117. The van der Waals surface area contributed by atoms with Gasteiger partial charge in [-0.1, -0.05) is 5.16 Å². The maximum Gasteiger partial charge on any atom is 0.219 e. The lowest BCUT2D eigenvalue weighted by Gasteiger charge is -2.39. The van der Waals surface area contributed by atoms with Gasteiger partial charge in [-0.05, 0) is 83.5 Å². The van der Waals surface area contributed by atoms with Gasteiger partial charge in [-0.15, -0.1) is 11.3 Å². The van der Waals surface area contributed by atoms with Crippen LogP contribution in [0.25, 0.3) is 28.8 Å². The number of aromatic nitrogens is 6. The first-order valence-corrected chi connectivity index (χ1v) is 16.1. The summed E-state index contributed by atoms with van der Waals surface area (Å²) in [6.07, 6.45) is 12.9. The molecule has 0 aromatic carbocycles. The van der Waals surface area contributed by atoms with Crippen LogP contribution in [0, 0.1) is 11.3 Å². The van der Waals surface area contributed by atoms with Gasteiger partial charge in [-0.25, -0.2) is 15.0 Å². The summed E-state index contributed by atoms with van der Waals surface area (Å²) in [5, 5.41) is 15.4. The van der Waals surface area contributed by atoms with Crippen molar-refractivity contribution in [2.45, 2.75) is 75.9 Å². The molecule has 8 rings (SSSR count). The van der Waals surface area contributed by atoms with E-state index < -0.39 is 5.41 Å². The molecule has 1 spiro atoms. The second kappa shape index (κ2) is 10.4. The number of hydrogen-bond donors (Lipinski definition) is 1. The van der Waals surface area contributed by atoms with Gasteiger partial charge in [0.2, 0.25) is 17.5 Å². The average molecular weight is 608 g/mol. The molecule has 3 aliphatic heterocycles. The van der Waals surface area contributed by atoms with Gasteiger partial charge < -0.3 is 15.0 Å². The van der Waals surface area contributed by atoms with E-state index in [1.54, 1.807) is 30.1 Å². The summed E-state index contributed by atoms with van der Waals surface area (Å²) < 4.78 is 14.6. The first-order valence-electron chi connectivity index (χ1n) is 15.3. The lowest BCUT2D eigenvalue weighted by Crippen LogP contribution is -2.38. The number of likely N-dealkylation sites (tertiary alicyclic amines) is 1. The maximum atomic E-state index is 10.1. The number of thiophene rings is 1. The molecule has 3 aromatic rings. The Morgan fingerprint density at radius 3 is 2.91 bits per heavy atom. The Kier molecular flexibility index (Phi) is 6.43. The van der Waals surface area contributed by atoms with Crippen LogP contribution in [0.5, 0.6) is 5.88 Å². The van der Waals surface area contributed by atoms with Crippen molar-refractivity contribution in [3.63, 3.8) is 0 Å². The Bertz CT molecular complexity index is 1880. The number of ether oxygens (including phenoxy) is 1. The molecule has 0 radical (unpaired) electrons. The fourth-order valence-electron chi connectivity index (χ4n) is 7.77. The number of anilines is 1. The van der Waals surface area contributed by atoms with Gasteiger partial charge in [-0.3, -0.25) is 9.47 Å². The second-order valence-corrected chi connectivity index (χ2v) is 13.4. The molecule has 1 fully saturated rings. The fourth-order valence-corrected chi connectivity index (χ4v) is 8.93. The zero-order valence-electron chi connectivity index (χ0n) is 24.8. The maximum absolute atomic E-state index is 10.1. The van der Waals surface area contributed by atoms with Crippen molar-refractivity contribution in [2.24, 2.45) is 0 Å². The highest BCUT2D eigenvalue weighted by molar-refractivity contribution is 7.16. The first kappa shape index (κ1) is 27.2. The minimum Gasteiger partial charge on any atom is -0.473 e. The molecule has 0 bridgehead atoms. The normalized spacial score (nSPS) is 22.2. The highest BCUT2D eigenvalue weighted by Gasteiger charge is 2.48. The van der Waals surface area contributed by atoms with Crippen LogP contribution in [0.15, 0.2) is 35.4 Å². The quantitative estimate of drug-likeness (QED) is 0.285. The molecule has 3 aromatic heterocycles. The average Bonchev–Trinajstić information content (AvgIpc) is 3.82. The number of fused-ring (bicyclic) bond motifs is 5. The highest BCUT2D eigenvalue weighted by atomic mass is 32.1. The van der Waals surface area contributed by atoms with Crippen LogP contribution in [-0.2, 0) is 18.3 Å². The molecular weight excluding hydrogens is 574 g/mol. The summed E-state index contributed by atoms with van der Waals surface area (Å²) in [6.45, 7) is 3.16. The summed E-state index contributed by atoms with van der Waals surface area (Å²) in [5.41, 5.74) is 10.4. The molecule has 0 unspecified atom stereocenters. The van der Waals surface area contributed by atoms with Crippen LogP contribution < -0.4 is 10.5 Å². The van der Waals surface area contributed by atoms with Gasteiger partial charge in [0.15, 0.2) is 0 Å². The molecule has 0 amide bonds. The summed E-state index contributed by atoms with van der Waals surface area (Å²) >= 11 is 1.54.